The van der Waals surface area contributed by atoms with Gasteiger partial charge in [0.05, 0.1) is 0 Å². The van der Waals surface area contributed by atoms with Crippen LogP contribution in [-0.4, -0.2) is 15.0 Å². The quantitative estimate of drug-likeness (QED) is 0.728. The van der Waals surface area contributed by atoms with E-state index in [-0.39, 0.29) is 0 Å². The Morgan fingerprint density at radius 3 is 2.58 bits per heavy atom. The fourth-order valence-electron chi connectivity index (χ4n) is 1.02. The van der Waals surface area contributed by atoms with Crippen molar-refractivity contribution in [2.24, 2.45) is 0 Å². The van der Waals surface area contributed by atoms with Crippen LogP contribution in [-0.2, 0) is 6.54 Å². The lowest BCUT2D eigenvalue weighted by molar-refractivity contribution is 0.579. The molecule has 1 aromatic rings. The van der Waals surface area contributed by atoms with Gasteiger partial charge in [-0.2, -0.15) is 0 Å². The molecule has 1 aromatic heterocycles. The van der Waals surface area contributed by atoms with Crippen LogP contribution >= 0.6 is 11.6 Å². The van der Waals surface area contributed by atoms with Gasteiger partial charge in [-0.3, -0.25) is 0 Å². The Kier molecular flexibility index (Phi) is 3.09. The van der Waals surface area contributed by atoms with Crippen LogP contribution in [0, 0.1) is 0 Å². The molecule has 0 spiro atoms. The van der Waals surface area contributed by atoms with Crippen molar-refractivity contribution in [1.82, 2.24) is 15.0 Å². The van der Waals surface area contributed by atoms with Gasteiger partial charge in [-0.25, -0.2) is 4.68 Å². The van der Waals surface area contributed by atoms with E-state index in [0.717, 1.165) is 18.7 Å². The summed E-state index contributed by atoms with van der Waals surface area (Å²) in [6, 6.07) is 0. The maximum absolute atomic E-state index is 6.04. The molecule has 0 radical (unpaired) electrons. The molecule has 0 unspecified atom stereocenters. The van der Waals surface area contributed by atoms with Crippen molar-refractivity contribution in [3.05, 3.63) is 10.8 Å². The Hall–Kier alpha value is -0.570. The minimum atomic E-state index is 0.350. The van der Waals surface area contributed by atoms with Gasteiger partial charge in [-0.1, -0.05) is 37.6 Å². The summed E-state index contributed by atoms with van der Waals surface area (Å²) >= 11 is 6.04. The number of aryl methyl sites for hydroxylation is 1. The summed E-state index contributed by atoms with van der Waals surface area (Å²) in [7, 11) is 0. The van der Waals surface area contributed by atoms with Crippen LogP contribution < -0.4 is 0 Å². The van der Waals surface area contributed by atoms with Gasteiger partial charge < -0.3 is 0 Å². The van der Waals surface area contributed by atoms with E-state index in [1.807, 2.05) is 0 Å². The second-order valence-corrected chi connectivity index (χ2v) is 3.50. The Morgan fingerprint density at radius 1 is 1.50 bits per heavy atom. The maximum Gasteiger partial charge on any atom is 0.150 e. The van der Waals surface area contributed by atoms with Crippen LogP contribution in [0.15, 0.2) is 0 Å². The number of nitrogens with zero attached hydrogens (tertiary/aromatic N) is 3. The molecule has 0 fully saturated rings. The average molecular weight is 188 g/mol. The van der Waals surface area contributed by atoms with Crippen molar-refractivity contribution in [2.45, 2.75) is 39.7 Å². The van der Waals surface area contributed by atoms with E-state index in [2.05, 4.69) is 31.1 Å². The maximum atomic E-state index is 6.04. The number of rotatable bonds is 3. The Bertz CT molecular complexity index is 255. The van der Waals surface area contributed by atoms with E-state index in [4.69, 9.17) is 11.6 Å². The minimum absolute atomic E-state index is 0.350. The summed E-state index contributed by atoms with van der Waals surface area (Å²) in [6.07, 6.45) is 1.03. The monoisotopic (exact) mass is 187 g/mol. The lowest BCUT2D eigenvalue weighted by Crippen LogP contribution is -1.99. The predicted molar refractivity (Wildman–Crippen MR) is 49.4 cm³/mol. The van der Waals surface area contributed by atoms with Crippen LogP contribution in [0.5, 0.6) is 0 Å². The molecular weight excluding hydrogens is 174 g/mol. The van der Waals surface area contributed by atoms with Crippen molar-refractivity contribution in [3.8, 4) is 0 Å². The molecule has 0 saturated heterocycles. The molecule has 68 valence electrons. The Labute approximate surface area is 77.7 Å². The van der Waals surface area contributed by atoms with E-state index >= 15 is 0 Å². The largest absolute Gasteiger partial charge is 0.234 e. The van der Waals surface area contributed by atoms with Crippen molar-refractivity contribution in [3.63, 3.8) is 0 Å². The van der Waals surface area contributed by atoms with Crippen LogP contribution in [0.1, 0.15) is 38.8 Å². The molecule has 1 heterocycles. The predicted octanol–water partition coefficient (Wildman–Crippen LogP) is 2.46. The first-order valence-corrected chi connectivity index (χ1v) is 4.63. The minimum Gasteiger partial charge on any atom is -0.234 e. The third-order valence-corrected chi connectivity index (χ3v) is 2.07. The van der Waals surface area contributed by atoms with Crippen molar-refractivity contribution < 1.29 is 0 Å². The summed E-state index contributed by atoms with van der Waals surface area (Å²) < 4.78 is 1.75. The van der Waals surface area contributed by atoms with Gasteiger partial charge in [-0.05, 0) is 6.42 Å². The zero-order chi connectivity index (χ0) is 9.14. The van der Waals surface area contributed by atoms with E-state index in [1.165, 1.54) is 0 Å². The van der Waals surface area contributed by atoms with Gasteiger partial charge in [-0.15, -0.1) is 5.10 Å². The smallest absolute Gasteiger partial charge is 0.150 e. The average Bonchev–Trinajstić information content (AvgIpc) is 2.34. The second kappa shape index (κ2) is 3.90. The molecule has 4 heteroatoms. The number of aromatic nitrogens is 3. The van der Waals surface area contributed by atoms with Crippen LogP contribution in [0.2, 0.25) is 5.15 Å². The summed E-state index contributed by atoms with van der Waals surface area (Å²) in [6.45, 7) is 7.06. The van der Waals surface area contributed by atoms with Crippen LogP contribution in [0.4, 0.5) is 0 Å². The molecular formula is C8H14ClN3. The summed E-state index contributed by atoms with van der Waals surface area (Å²) in [5.41, 5.74) is 0.894. The molecule has 1 rings (SSSR count). The molecule has 0 amide bonds. The lowest BCUT2D eigenvalue weighted by Gasteiger charge is -2.00. The molecule has 3 nitrogen and oxygen atoms in total. The van der Waals surface area contributed by atoms with Gasteiger partial charge >= 0.3 is 0 Å². The third-order valence-electron chi connectivity index (χ3n) is 1.68. The first-order chi connectivity index (χ1) is 5.66. The highest BCUT2D eigenvalue weighted by atomic mass is 35.5. The number of halogens is 1. The summed E-state index contributed by atoms with van der Waals surface area (Å²) in [4.78, 5) is 0. The van der Waals surface area contributed by atoms with Gasteiger partial charge in [0.15, 0.2) is 5.15 Å². The fourth-order valence-corrected chi connectivity index (χ4v) is 1.40. The van der Waals surface area contributed by atoms with Crippen molar-refractivity contribution in [1.29, 1.82) is 0 Å². The van der Waals surface area contributed by atoms with E-state index in [1.54, 1.807) is 4.68 Å². The first-order valence-electron chi connectivity index (χ1n) is 4.25. The lowest BCUT2D eigenvalue weighted by atomic mass is 10.2. The zero-order valence-corrected chi connectivity index (χ0v) is 8.47. The number of hydrogen-bond donors (Lipinski definition) is 0. The van der Waals surface area contributed by atoms with Crippen LogP contribution in [0.3, 0.4) is 0 Å². The highest BCUT2D eigenvalue weighted by Crippen LogP contribution is 2.20. The molecule has 0 atom stereocenters. The van der Waals surface area contributed by atoms with E-state index < -0.39 is 0 Å². The SMILES string of the molecule is CCCn1nnc(C(C)C)c1Cl. The molecule has 0 saturated carbocycles. The Morgan fingerprint density at radius 2 is 2.17 bits per heavy atom. The molecule has 0 bridgehead atoms. The fraction of sp³-hybridized carbons (Fsp3) is 0.750. The summed E-state index contributed by atoms with van der Waals surface area (Å²) in [5.74, 6) is 0.350. The third kappa shape index (κ3) is 1.78. The zero-order valence-electron chi connectivity index (χ0n) is 7.71. The Balaban J connectivity index is 2.88. The second-order valence-electron chi connectivity index (χ2n) is 3.14. The van der Waals surface area contributed by atoms with Gasteiger partial charge in [0.2, 0.25) is 0 Å². The van der Waals surface area contributed by atoms with Crippen molar-refractivity contribution in [2.75, 3.05) is 0 Å². The standard InChI is InChI=1S/C8H14ClN3/c1-4-5-12-8(9)7(6(2)3)10-11-12/h6H,4-5H2,1-3H3. The number of hydrogen-bond acceptors (Lipinski definition) is 2. The molecule has 0 aromatic carbocycles. The molecule has 0 aliphatic heterocycles. The molecule has 12 heavy (non-hydrogen) atoms. The highest BCUT2D eigenvalue weighted by Gasteiger charge is 2.12. The molecule has 0 N–H and O–H groups in total. The van der Waals surface area contributed by atoms with Gasteiger partial charge in [0.25, 0.3) is 0 Å². The van der Waals surface area contributed by atoms with Gasteiger partial charge in [0.1, 0.15) is 5.69 Å². The molecule has 0 aliphatic carbocycles. The highest BCUT2D eigenvalue weighted by molar-refractivity contribution is 6.30. The normalized spacial score (nSPS) is 11.1. The van der Waals surface area contributed by atoms with Crippen molar-refractivity contribution >= 4 is 11.6 Å². The first kappa shape index (κ1) is 9.52. The van der Waals surface area contributed by atoms with Gasteiger partial charge in [0, 0.05) is 12.5 Å². The topological polar surface area (TPSA) is 30.7 Å². The van der Waals surface area contributed by atoms with E-state index in [9.17, 15) is 0 Å². The van der Waals surface area contributed by atoms with Crippen LogP contribution in [0.25, 0.3) is 0 Å². The summed E-state index contributed by atoms with van der Waals surface area (Å²) in [5, 5.41) is 8.66. The molecule has 0 aliphatic rings. The van der Waals surface area contributed by atoms with E-state index in [0.29, 0.717) is 11.1 Å².